The summed E-state index contributed by atoms with van der Waals surface area (Å²) in [4.78, 5) is 3.84. The second-order valence-electron chi connectivity index (χ2n) is 2.62. The van der Waals surface area contributed by atoms with Crippen LogP contribution in [0.1, 0.15) is 19.8 Å². The molecule has 0 fully saturated rings. The van der Waals surface area contributed by atoms with Gasteiger partial charge in [0.1, 0.15) is 12.7 Å². The van der Waals surface area contributed by atoms with Crippen molar-refractivity contribution in [2.45, 2.75) is 32.4 Å². The minimum Gasteiger partial charge on any atom is -0.328 e. The molecule has 0 aliphatic rings. The van der Waals surface area contributed by atoms with Crippen molar-refractivity contribution in [1.82, 2.24) is 14.8 Å². The third kappa shape index (κ3) is 2.67. The van der Waals surface area contributed by atoms with Crippen LogP contribution in [0.15, 0.2) is 12.7 Å². The van der Waals surface area contributed by atoms with Crippen molar-refractivity contribution in [2.75, 3.05) is 0 Å². The molecule has 1 aromatic rings. The smallest absolute Gasteiger partial charge is 0.137 e. The molecule has 0 spiro atoms. The fourth-order valence-electron chi connectivity index (χ4n) is 0.850. The van der Waals surface area contributed by atoms with Gasteiger partial charge in [-0.2, -0.15) is 5.10 Å². The molecule has 4 nitrogen and oxygen atoms in total. The summed E-state index contributed by atoms with van der Waals surface area (Å²) in [5.74, 6) is 0. The van der Waals surface area contributed by atoms with Gasteiger partial charge in [0.15, 0.2) is 0 Å². The molecule has 0 saturated heterocycles. The van der Waals surface area contributed by atoms with Crippen molar-refractivity contribution >= 4 is 0 Å². The van der Waals surface area contributed by atoms with Gasteiger partial charge >= 0.3 is 0 Å². The monoisotopic (exact) mass is 154 g/mol. The number of rotatable bonds is 4. The molecule has 11 heavy (non-hydrogen) atoms. The van der Waals surface area contributed by atoms with Crippen LogP contribution in [0.4, 0.5) is 0 Å². The van der Waals surface area contributed by atoms with E-state index in [1.165, 1.54) is 6.33 Å². The van der Waals surface area contributed by atoms with E-state index >= 15 is 0 Å². The number of hydrogen-bond acceptors (Lipinski definition) is 3. The van der Waals surface area contributed by atoms with Gasteiger partial charge in [-0.05, 0) is 12.8 Å². The van der Waals surface area contributed by atoms with Crippen LogP contribution in [-0.2, 0) is 6.54 Å². The van der Waals surface area contributed by atoms with Crippen molar-refractivity contribution in [3.8, 4) is 0 Å². The highest BCUT2D eigenvalue weighted by Crippen LogP contribution is 1.95. The largest absolute Gasteiger partial charge is 0.328 e. The summed E-state index contributed by atoms with van der Waals surface area (Å²) in [7, 11) is 0. The van der Waals surface area contributed by atoms with Crippen LogP contribution in [0.3, 0.4) is 0 Å². The number of aryl methyl sites for hydroxylation is 1. The third-order valence-corrected chi connectivity index (χ3v) is 1.72. The Hall–Kier alpha value is -0.900. The van der Waals surface area contributed by atoms with E-state index in [-0.39, 0.29) is 0 Å². The SMILES string of the molecule is CC[C@H](N)CCn1cncn1. The summed E-state index contributed by atoms with van der Waals surface area (Å²) in [5, 5.41) is 3.97. The molecule has 0 amide bonds. The molecule has 0 aliphatic heterocycles. The van der Waals surface area contributed by atoms with Gasteiger partial charge in [-0.3, -0.25) is 4.68 Å². The van der Waals surface area contributed by atoms with Gasteiger partial charge in [-0.25, -0.2) is 4.98 Å². The van der Waals surface area contributed by atoms with E-state index in [1.807, 2.05) is 0 Å². The molecule has 4 heteroatoms. The van der Waals surface area contributed by atoms with Gasteiger partial charge in [0.05, 0.1) is 0 Å². The molecule has 0 saturated carbocycles. The average molecular weight is 154 g/mol. The third-order valence-electron chi connectivity index (χ3n) is 1.72. The number of nitrogens with two attached hydrogens (primary N) is 1. The summed E-state index contributed by atoms with van der Waals surface area (Å²) >= 11 is 0. The van der Waals surface area contributed by atoms with Crippen LogP contribution in [-0.4, -0.2) is 20.8 Å². The highest BCUT2D eigenvalue weighted by atomic mass is 15.3. The molecule has 0 aliphatic carbocycles. The number of nitrogens with zero attached hydrogens (tertiary/aromatic N) is 3. The van der Waals surface area contributed by atoms with Gasteiger partial charge in [-0.15, -0.1) is 0 Å². The maximum Gasteiger partial charge on any atom is 0.137 e. The predicted molar refractivity (Wildman–Crippen MR) is 42.9 cm³/mol. The van der Waals surface area contributed by atoms with E-state index in [1.54, 1.807) is 11.0 Å². The van der Waals surface area contributed by atoms with E-state index < -0.39 is 0 Å². The van der Waals surface area contributed by atoms with Crippen LogP contribution >= 0.6 is 0 Å². The van der Waals surface area contributed by atoms with Crippen molar-refractivity contribution < 1.29 is 0 Å². The van der Waals surface area contributed by atoms with Crippen LogP contribution < -0.4 is 5.73 Å². The van der Waals surface area contributed by atoms with Gasteiger partial charge in [0.2, 0.25) is 0 Å². The Morgan fingerprint density at radius 1 is 1.64 bits per heavy atom. The summed E-state index contributed by atoms with van der Waals surface area (Å²) in [6, 6.07) is 0.291. The highest BCUT2D eigenvalue weighted by Gasteiger charge is 1.98. The van der Waals surface area contributed by atoms with E-state index in [4.69, 9.17) is 5.73 Å². The normalized spacial score (nSPS) is 13.3. The molecular formula is C7H14N4. The van der Waals surface area contributed by atoms with Gasteiger partial charge in [0, 0.05) is 12.6 Å². The molecule has 2 N–H and O–H groups in total. The molecule has 1 aromatic heterocycles. The standard InChI is InChI=1S/C7H14N4/c1-2-7(8)3-4-11-6-9-5-10-11/h5-7H,2-4,8H2,1H3/t7-/m0/s1. The fraction of sp³-hybridized carbons (Fsp3) is 0.714. The summed E-state index contributed by atoms with van der Waals surface area (Å²) < 4.78 is 1.80. The van der Waals surface area contributed by atoms with Gasteiger partial charge in [0.25, 0.3) is 0 Å². The summed E-state index contributed by atoms with van der Waals surface area (Å²) in [6.45, 7) is 2.96. The highest BCUT2D eigenvalue weighted by molar-refractivity contribution is 4.61. The maximum atomic E-state index is 5.73. The zero-order valence-electron chi connectivity index (χ0n) is 6.77. The molecule has 0 bridgehead atoms. The van der Waals surface area contributed by atoms with Gasteiger partial charge < -0.3 is 5.73 Å². The Labute approximate surface area is 66.4 Å². The van der Waals surface area contributed by atoms with E-state index in [0.29, 0.717) is 6.04 Å². The number of aromatic nitrogens is 3. The van der Waals surface area contributed by atoms with Crippen LogP contribution in [0, 0.1) is 0 Å². The van der Waals surface area contributed by atoms with Gasteiger partial charge in [-0.1, -0.05) is 6.92 Å². The Morgan fingerprint density at radius 3 is 3.00 bits per heavy atom. The van der Waals surface area contributed by atoms with Crippen molar-refractivity contribution in [1.29, 1.82) is 0 Å². The Morgan fingerprint density at radius 2 is 2.45 bits per heavy atom. The summed E-state index contributed by atoms with van der Waals surface area (Å²) in [6.07, 6.45) is 5.24. The molecule has 0 unspecified atom stereocenters. The zero-order valence-corrected chi connectivity index (χ0v) is 6.77. The molecular weight excluding hydrogens is 140 g/mol. The second kappa shape index (κ2) is 4.08. The molecule has 1 atom stereocenters. The Kier molecular flexibility index (Phi) is 3.04. The first-order valence-corrected chi connectivity index (χ1v) is 3.91. The Balaban J connectivity index is 2.23. The maximum absolute atomic E-state index is 5.73. The lowest BCUT2D eigenvalue weighted by Crippen LogP contribution is -2.20. The van der Waals surface area contributed by atoms with E-state index in [2.05, 4.69) is 17.0 Å². The average Bonchev–Trinajstić information content (AvgIpc) is 2.52. The Bertz CT molecular complexity index is 182. The molecule has 62 valence electrons. The molecule has 0 radical (unpaired) electrons. The predicted octanol–water partition coefficient (Wildman–Crippen LogP) is 0.405. The zero-order chi connectivity index (χ0) is 8.10. The lowest BCUT2D eigenvalue weighted by atomic mass is 10.2. The first-order chi connectivity index (χ1) is 5.33. The minimum absolute atomic E-state index is 0.291. The fourth-order valence-corrected chi connectivity index (χ4v) is 0.850. The topological polar surface area (TPSA) is 56.7 Å². The van der Waals surface area contributed by atoms with Crippen molar-refractivity contribution in [3.05, 3.63) is 12.7 Å². The minimum atomic E-state index is 0.291. The van der Waals surface area contributed by atoms with Crippen LogP contribution in [0.25, 0.3) is 0 Å². The molecule has 1 heterocycles. The number of hydrogen-bond donors (Lipinski definition) is 1. The van der Waals surface area contributed by atoms with Crippen LogP contribution in [0.2, 0.25) is 0 Å². The summed E-state index contributed by atoms with van der Waals surface area (Å²) in [5.41, 5.74) is 5.73. The second-order valence-corrected chi connectivity index (χ2v) is 2.62. The first kappa shape index (κ1) is 8.20. The van der Waals surface area contributed by atoms with Crippen molar-refractivity contribution in [3.63, 3.8) is 0 Å². The molecule has 1 rings (SSSR count). The lowest BCUT2D eigenvalue weighted by molar-refractivity contribution is 0.500. The van der Waals surface area contributed by atoms with E-state index in [9.17, 15) is 0 Å². The van der Waals surface area contributed by atoms with Crippen molar-refractivity contribution in [2.24, 2.45) is 5.73 Å². The quantitative estimate of drug-likeness (QED) is 0.683. The molecule has 0 aromatic carbocycles. The first-order valence-electron chi connectivity index (χ1n) is 3.91. The van der Waals surface area contributed by atoms with E-state index in [0.717, 1.165) is 19.4 Å². The lowest BCUT2D eigenvalue weighted by Gasteiger charge is -2.06. The van der Waals surface area contributed by atoms with Crippen LogP contribution in [0.5, 0.6) is 0 Å².